The van der Waals surface area contributed by atoms with Crippen molar-refractivity contribution in [2.45, 2.75) is 25.9 Å². The Morgan fingerprint density at radius 3 is 3.00 bits per heavy atom. The van der Waals surface area contributed by atoms with Gasteiger partial charge in [0.25, 0.3) is 0 Å². The largest absolute Gasteiger partial charge is 0.617 e. The number of rotatable bonds is 7. The molecule has 3 heterocycles. The minimum atomic E-state index is -0.878. The molecule has 0 aromatic carbocycles. The molecule has 0 aliphatic carbocycles. The third kappa shape index (κ3) is 4.07. The van der Waals surface area contributed by atoms with Crippen LogP contribution in [0.15, 0.2) is 23.7 Å². The van der Waals surface area contributed by atoms with E-state index in [1.165, 1.54) is 9.75 Å². The molecular formula is C16H20N4OS3. The normalized spacial score (nSPS) is 14.0. The Hall–Kier alpha value is -1.19. The average molecular weight is 381 g/mol. The van der Waals surface area contributed by atoms with E-state index >= 15 is 0 Å². The van der Waals surface area contributed by atoms with E-state index in [-0.39, 0.29) is 6.04 Å². The number of nitrogens with two attached hydrogens (primary N) is 1. The average Bonchev–Trinajstić information content (AvgIpc) is 3.14. The van der Waals surface area contributed by atoms with E-state index in [1.54, 1.807) is 35.1 Å². The molecule has 0 bridgehead atoms. The van der Waals surface area contributed by atoms with Crippen LogP contribution in [0.4, 0.5) is 5.69 Å². The van der Waals surface area contributed by atoms with Crippen molar-refractivity contribution in [3.63, 3.8) is 0 Å². The number of nitrogens with one attached hydrogen (secondary N) is 1. The minimum Gasteiger partial charge on any atom is -0.617 e. The van der Waals surface area contributed by atoms with E-state index in [4.69, 9.17) is 5.73 Å². The van der Waals surface area contributed by atoms with Crippen LogP contribution < -0.4 is 11.1 Å². The van der Waals surface area contributed by atoms with Crippen LogP contribution in [0.1, 0.15) is 15.3 Å². The van der Waals surface area contributed by atoms with Crippen molar-refractivity contribution in [1.29, 1.82) is 0 Å². The van der Waals surface area contributed by atoms with Crippen LogP contribution >= 0.6 is 22.7 Å². The maximum absolute atomic E-state index is 11.4. The van der Waals surface area contributed by atoms with Gasteiger partial charge in [0.1, 0.15) is 11.3 Å². The number of fused-ring (bicyclic) bond motifs is 1. The third-order valence-electron chi connectivity index (χ3n) is 3.73. The predicted octanol–water partition coefficient (Wildman–Crippen LogP) is 2.92. The van der Waals surface area contributed by atoms with Gasteiger partial charge in [-0.2, -0.15) is 5.10 Å². The first-order valence-corrected chi connectivity index (χ1v) is 11.0. The van der Waals surface area contributed by atoms with Gasteiger partial charge in [0.05, 0.1) is 28.9 Å². The second-order valence-corrected chi connectivity index (χ2v) is 9.34. The van der Waals surface area contributed by atoms with Crippen molar-refractivity contribution in [1.82, 2.24) is 10.2 Å². The Labute approximate surface area is 152 Å². The highest BCUT2D eigenvalue weighted by atomic mass is 32.2. The Bertz CT molecular complexity index is 801. The summed E-state index contributed by atoms with van der Waals surface area (Å²) in [6, 6.07) is 4.06. The zero-order valence-electron chi connectivity index (χ0n) is 13.6. The lowest BCUT2D eigenvalue weighted by Gasteiger charge is -2.11. The maximum Gasteiger partial charge on any atom is 0.120 e. The van der Waals surface area contributed by atoms with Gasteiger partial charge in [0.2, 0.25) is 0 Å². The number of thiophene rings is 2. The predicted molar refractivity (Wildman–Crippen MR) is 104 cm³/mol. The van der Waals surface area contributed by atoms with Crippen molar-refractivity contribution in [3.05, 3.63) is 39.0 Å². The monoisotopic (exact) mass is 380 g/mol. The second-order valence-electron chi connectivity index (χ2n) is 5.72. The van der Waals surface area contributed by atoms with Crippen molar-refractivity contribution >= 4 is 49.8 Å². The molecule has 0 saturated carbocycles. The molecule has 0 saturated heterocycles. The number of hydrogen-bond donors (Lipinski definition) is 2. The molecule has 2 atom stereocenters. The zero-order chi connectivity index (χ0) is 17.1. The summed E-state index contributed by atoms with van der Waals surface area (Å²) in [4.78, 5) is 2.48. The molecule has 0 spiro atoms. The summed E-state index contributed by atoms with van der Waals surface area (Å²) in [5.74, 6) is 0.517. The molecule has 3 aromatic rings. The van der Waals surface area contributed by atoms with Gasteiger partial charge in [-0.25, -0.2) is 0 Å². The number of nitrogens with zero attached hydrogens (tertiary/aromatic N) is 2. The molecule has 3 rings (SSSR count). The number of anilines is 1. The van der Waals surface area contributed by atoms with E-state index < -0.39 is 11.2 Å². The fourth-order valence-corrected chi connectivity index (χ4v) is 5.26. The van der Waals surface area contributed by atoms with Crippen LogP contribution in [0.5, 0.6) is 0 Å². The summed E-state index contributed by atoms with van der Waals surface area (Å²) in [5, 5.41) is 14.0. The lowest BCUT2D eigenvalue weighted by Crippen LogP contribution is -2.31. The molecule has 1 unspecified atom stereocenters. The van der Waals surface area contributed by atoms with E-state index in [1.807, 2.05) is 0 Å². The molecule has 128 valence electrons. The summed E-state index contributed by atoms with van der Waals surface area (Å²) >= 11 is 2.55. The van der Waals surface area contributed by atoms with E-state index in [0.717, 1.165) is 34.4 Å². The van der Waals surface area contributed by atoms with Gasteiger partial charge in [0.15, 0.2) is 0 Å². The fourth-order valence-electron chi connectivity index (χ4n) is 2.57. The first-order valence-electron chi connectivity index (χ1n) is 7.60. The van der Waals surface area contributed by atoms with E-state index in [2.05, 4.69) is 40.0 Å². The summed E-state index contributed by atoms with van der Waals surface area (Å²) in [5.41, 5.74) is 9.17. The van der Waals surface area contributed by atoms with Crippen molar-refractivity contribution in [3.8, 4) is 0 Å². The van der Waals surface area contributed by atoms with Crippen LogP contribution in [0.3, 0.4) is 0 Å². The Morgan fingerprint density at radius 1 is 1.46 bits per heavy atom. The van der Waals surface area contributed by atoms with E-state index in [0.29, 0.717) is 5.75 Å². The molecule has 3 aromatic heterocycles. The standard InChI is InChI=1S/C16H20N4OS3/c1-10-14(6-11(17)9-24(2)21)23-16-13(8-19-20-15(10)16)18-7-12-4-3-5-22-12/h3-5,8,11H,6-7,9,17H2,1-2H3,(H,18,20)/t11-,24?/m1/s1. The van der Waals surface area contributed by atoms with Gasteiger partial charge in [-0.3, -0.25) is 0 Å². The van der Waals surface area contributed by atoms with Crippen molar-refractivity contribution in [2.75, 3.05) is 17.3 Å². The van der Waals surface area contributed by atoms with Crippen molar-refractivity contribution < 1.29 is 4.55 Å². The van der Waals surface area contributed by atoms with Crippen LogP contribution in [0.2, 0.25) is 0 Å². The zero-order valence-corrected chi connectivity index (χ0v) is 16.1. The number of hydrogen-bond acceptors (Lipinski definition) is 7. The van der Waals surface area contributed by atoms with Gasteiger partial charge in [-0.1, -0.05) is 17.2 Å². The smallest absolute Gasteiger partial charge is 0.120 e. The first kappa shape index (κ1) is 17.6. The highest BCUT2D eigenvalue weighted by Gasteiger charge is 2.17. The summed E-state index contributed by atoms with van der Waals surface area (Å²) < 4.78 is 12.5. The number of aryl methyl sites for hydroxylation is 1. The van der Waals surface area contributed by atoms with Crippen LogP contribution in [-0.4, -0.2) is 32.8 Å². The van der Waals surface area contributed by atoms with Crippen LogP contribution in [0.25, 0.3) is 10.2 Å². The van der Waals surface area contributed by atoms with Crippen LogP contribution in [-0.2, 0) is 24.1 Å². The minimum absolute atomic E-state index is 0.0990. The second kappa shape index (κ2) is 7.79. The molecule has 0 fully saturated rings. The van der Waals surface area contributed by atoms with Crippen LogP contribution in [0, 0.1) is 6.92 Å². The summed E-state index contributed by atoms with van der Waals surface area (Å²) in [6.45, 7) is 2.83. The molecule has 0 aliphatic heterocycles. The highest BCUT2D eigenvalue weighted by molar-refractivity contribution is 7.90. The van der Waals surface area contributed by atoms with Gasteiger partial charge in [0, 0.05) is 22.7 Å². The fraction of sp³-hybridized carbons (Fsp3) is 0.375. The topological polar surface area (TPSA) is 86.9 Å². The Morgan fingerprint density at radius 2 is 2.29 bits per heavy atom. The van der Waals surface area contributed by atoms with Gasteiger partial charge >= 0.3 is 0 Å². The third-order valence-corrected chi connectivity index (χ3v) is 6.84. The summed E-state index contributed by atoms with van der Waals surface area (Å²) in [6.07, 6.45) is 4.18. The maximum atomic E-state index is 11.4. The van der Waals surface area contributed by atoms with E-state index in [9.17, 15) is 4.55 Å². The molecule has 5 nitrogen and oxygen atoms in total. The van der Waals surface area contributed by atoms with Gasteiger partial charge in [-0.05, 0) is 23.9 Å². The first-order chi connectivity index (χ1) is 11.5. The molecule has 8 heteroatoms. The molecule has 3 N–H and O–H groups in total. The summed E-state index contributed by atoms with van der Waals surface area (Å²) in [7, 11) is 0. The lowest BCUT2D eigenvalue weighted by molar-refractivity contribution is 0.591. The van der Waals surface area contributed by atoms with Gasteiger partial charge in [-0.15, -0.1) is 27.8 Å². The lowest BCUT2D eigenvalue weighted by atomic mass is 10.1. The molecular weight excluding hydrogens is 360 g/mol. The quantitative estimate of drug-likeness (QED) is 0.616. The number of aromatic nitrogens is 2. The molecule has 0 radical (unpaired) electrons. The Kier molecular flexibility index (Phi) is 5.72. The molecule has 0 aliphatic rings. The van der Waals surface area contributed by atoms with Gasteiger partial charge < -0.3 is 15.6 Å². The SMILES string of the molecule is Cc1c(C[C@@H](N)C[S+](C)[O-])sc2c(NCc3cccs3)cnnc12. The highest BCUT2D eigenvalue weighted by Crippen LogP contribution is 2.34. The molecule has 0 amide bonds. The van der Waals surface area contributed by atoms with Crippen molar-refractivity contribution in [2.24, 2.45) is 5.73 Å². The molecule has 24 heavy (non-hydrogen) atoms. The Balaban J connectivity index is 1.82.